The SMILES string of the molecule is O.O.[Cl][Ni]. The van der Waals surface area contributed by atoms with Gasteiger partial charge in [-0.15, -0.1) is 0 Å². The van der Waals surface area contributed by atoms with Gasteiger partial charge in [-0.3, -0.25) is 0 Å². The van der Waals surface area contributed by atoms with Crippen LogP contribution in [0.25, 0.3) is 0 Å². The van der Waals surface area contributed by atoms with Crippen LogP contribution in [0.2, 0.25) is 0 Å². The zero-order valence-corrected chi connectivity index (χ0v) is 3.44. The van der Waals surface area contributed by atoms with Crippen LogP contribution in [0, 0.1) is 0 Å². The van der Waals surface area contributed by atoms with Crippen LogP contribution in [-0.4, -0.2) is 11.0 Å². The summed E-state index contributed by atoms with van der Waals surface area (Å²) in [7, 11) is 4.26. The Morgan fingerprint density at radius 2 is 1.00 bits per heavy atom. The Labute approximate surface area is 36.4 Å². The van der Waals surface area contributed by atoms with Crippen LogP contribution in [-0.2, 0) is 14.6 Å². The van der Waals surface area contributed by atoms with Crippen molar-refractivity contribution >= 4 is 10.2 Å². The molecule has 0 aliphatic carbocycles. The molecular formula is H4ClNiO2. The van der Waals surface area contributed by atoms with Crippen molar-refractivity contribution in [3.05, 3.63) is 0 Å². The van der Waals surface area contributed by atoms with Crippen molar-refractivity contribution in [2.24, 2.45) is 0 Å². The van der Waals surface area contributed by atoms with Gasteiger partial charge in [0.25, 0.3) is 0 Å². The summed E-state index contributed by atoms with van der Waals surface area (Å²) in [6, 6.07) is 0. The van der Waals surface area contributed by atoms with Gasteiger partial charge in [-0.25, -0.2) is 0 Å². The Kier molecular flexibility index (Phi) is 304. The minimum absolute atomic E-state index is 0. The molecule has 0 unspecified atom stereocenters. The normalized spacial score (nSPS) is 1.75. The number of hydrogen-bond acceptors (Lipinski definition) is 0. The summed E-state index contributed by atoms with van der Waals surface area (Å²) in [5, 5.41) is 0. The van der Waals surface area contributed by atoms with Gasteiger partial charge in [0.1, 0.15) is 0 Å². The Morgan fingerprint density at radius 3 is 1.00 bits per heavy atom. The molecule has 0 aromatic carbocycles. The van der Waals surface area contributed by atoms with E-state index >= 15 is 0 Å². The Bertz CT molecular complexity index is 6.00. The van der Waals surface area contributed by atoms with Gasteiger partial charge in [0, 0.05) is 0 Å². The topological polar surface area (TPSA) is 63.0 Å². The van der Waals surface area contributed by atoms with Crippen molar-refractivity contribution in [3.63, 3.8) is 0 Å². The third kappa shape index (κ3) is 15.9. The first-order valence-electron chi connectivity index (χ1n) is 0.120. The van der Waals surface area contributed by atoms with Crippen LogP contribution in [0.1, 0.15) is 0 Å². The summed E-state index contributed by atoms with van der Waals surface area (Å²) in [4.78, 5) is 0. The van der Waals surface area contributed by atoms with Gasteiger partial charge in [-0.2, -0.15) is 0 Å². The van der Waals surface area contributed by atoms with Crippen molar-refractivity contribution in [3.8, 4) is 0 Å². The number of rotatable bonds is 0. The van der Waals surface area contributed by atoms with Gasteiger partial charge in [0.2, 0.25) is 0 Å². The number of halogens is 1. The second kappa shape index (κ2) is 54.7. The summed E-state index contributed by atoms with van der Waals surface area (Å²) in [5.41, 5.74) is 0. The summed E-state index contributed by atoms with van der Waals surface area (Å²) < 4.78 is 0. The van der Waals surface area contributed by atoms with Gasteiger partial charge < -0.3 is 11.0 Å². The average Bonchev–Trinajstić information content (AvgIpc) is 1.00. The molecule has 0 rings (SSSR count). The van der Waals surface area contributed by atoms with Gasteiger partial charge in [0.15, 0.2) is 0 Å². The first-order valence-corrected chi connectivity index (χ1v) is 1.48. The van der Waals surface area contributed by atoms with E-state index in [4.69, 9.17) is 0 Å². The molecule has 0 saturated heterocycles. The molecule has 0 saturated carbocycles. The molecule has 0 fully saturated rings. The van der Waals surface area contributed by atoms with E-state index in [1.54, 1.807) is 0 Å². The summed E-state index contributed by atoms with van der Waals surface area (Å²) in [5.74, 6) is 0. The molecule has 0 aliphatic heterocycles. The zero-order chi connectivity index (χ0) is 2.00. The fourth-order valence-corrected chi connectivity index (χ4v) is 0. The Hall–Kier alpha value is 0.704. The molecule has 0 heterocycles. The van der Waals surface area contributed by atoms with E-state index in [1.807, 2.05) is 0 Å². The van der Waals surface area contributed by atoms with Crippen LogP contribution < -0.4 is 0 Å². The molecule has 0 aliphatic rings. The third-order valence-corrected chi connectivity index (χ3v) is 0. The maximum absolute atomic E-state index is 4.26. The molecule has 0 aromatic heterocycles. The van der Waals surface area contributed by atoms with E-state index in [0.717, 1.165) is 0 Å². The third-order valence-electron chi connectivity index (χ3n) is 0. The molecule has 4 heavy (non-hydrogen) atoms. The van der Waals surface area contributed by atoms with Crippen molar-refractivity contribution in [2.75, 3.05) is 0 Å². The van der Waals surface area contributed by atoms with Crippen LogP contribution in [0.5, 0.6) is 0 Å². The van der Waals surface area contributed by atoms with E-state index in [1.165, 1.54) is 0 Å². The van der Waals surface area contributed by atoms with E-state index < -0.39 is 0 Å². The van der Waals surface area contributed by atoms with Crippen molar-refractivity contribution in [2.45, 2.75) is 0 Å². The number of hydrogen-bond donors (Lipinski definition) is 0. The maximum atomic E-state index is 4.26. The van der Waals surface area contributed by atoms with Crippen LogP contribution in [0.3, 0.4) is 0 Å². The van der Waals surface area contributed by atoms with Crippen molar-refractivity contribution in [1.82, 2.24) is 0 Å². The first-order chi connectivity index (χ1) is 1.00. The average molecular weight is 130 g/mol. The summed E-state index contributed by atoms with van der Waals surface area (Å²) in [6.07, 6.45) is 0. The molecule has 2 nitrogen and oxygen atoms in total. The first kappa shape index (κ1) is 22.2. The van der Waals surface area contributed by atoms with Crippen molar-refractivity contribution in [1.29, 1.82) is 0 Å². The van der Waals surface area contributed by atoms with E-state index in [0.29, 0.717) is 0 Å². The van der Waals surface area contributed by atoms with Crippen LogP contribution in [0.4, 0.5) is 0 Å². The van der Waals surface area contributed by atoms with E-state index in [2.05, 4.69) is 24.8 Å². The fraction of sp³-hybridized carbons (Fsp3) is 0. The fourth-order valence-electron chi connectivity index (χ4n) is 0. The molecule has 4 N–H and O–H groups in total. The zero-order valence-electron chi connectivity index (χ0n) is 1.69. The van der Waals surface area contributed by atoms with Crippen LogP contribution >= 0.6 is 10.2 Å². The second-order valence-corrected chi connectivity index (χ2v) is 0. The molecule has 33 valence electrons. The summed E-state index contributed by atoms with van der Waals surface area (Å²) in [6.45, 7) is 0. The Balaban J connectivity index is -0.00000000500. The summed E-state index contributed by atoms with van der Waals surface area (Å²) >= 11 is 3.35. The van der Waals surface area contributed by atoms with Gasteiger partial charge in [-0.05, 0) is 0 Å². The predicted octanol–water partition coefficient (Wildman–Crippen LogP) is -0.962. The molecule has 0 spiro atoms. The van der Waals surface area contributed by atoms with E-state index in [-0.39, 0.29) is 11.0 Å². The molecule has 0 amide bonds. The molecular weight excluding hydrogens is 126 g/mol. The van der Waals surface area contributed by atoms with Crippen molar-refractivity contribution < 1.29 is 25.5 Å². The van der Waals surface area contributed by atoms with Gasteiger partial charge in [-0.1, -0.05) is 0 Å². The molecule has 0 aromatic rings. The Morgan fingerprint density at radius 1 is 1.00 bits per heavy atom. The molecule has 0 atom stereocenters. The van der Waals surface area contributed by atoms with Gasteiger partial charge in [0.05, 0.1) is 0 Å². The standard InChI is InChI=1S/ClH.Ni.2H2O/h1H;;2*1H2/q;+1;;/p-1. The van der Waals surface area contributed by atoms with Gasteiger partial charge >= 0.3 is 24.8 Å². The van der Waals surface area contributed by atoms with E-state index in [9.17, 15) is 0 Å². The second-order valence-electron chi connectivity index (χ2n) is 0. The monoisotopic (exact) mass is 129 g/mol. The molecule has 0 radical (unpaired) electrons. The predicted molar refractivity (Wildman–Crippen MR) is 13.1 cm³/mol. The molecule has 4 heteroatoms. The quantitative estimate of drug-likeness (QED) is 0.379. The molecule has 0 bridgehead atoms. The minimum atomic E-state index is 0. The van der Waals surface area contributed by atoms with Crippen LogP contribution in [0.15, 0.2) is 0 Å².